The van der Waals surface area contributed by atoms with Crippen molar-refractivity contribution in [1.29, 1.82) is 0 Å². The van der Waals surface area contributed by atoms with Crippen LogP contribution in [0.2, 0.25) is 0 Å². The molecular formula is C13H17BrN2O3. The minimum atomic E-state index is -0.296. The monoisotopic (exact) mass is 328 g/mol. The number of hydrogen-bond donors (Lipinski definition) is 2. The highest BCUT2D eigenvalue weighted by Crippen LogP contribution is 2.25. The normalized spacial score (nSPS) is 9.84. The molecule has 6 heteroatoms. The first-order valence-electron chi connectivity index (χ1n) is 5.97. The average molecular weight is 329 g/mol. The van der Waals surface area contributed by atoms with E-state index in [0.29, 0.717) is 22.3 Å². The van der Waals surface area contributed by atoms with Crippen molar-refractivity contribution < 1.29 is 14.3 Å². The maximum atomic E-state index is 11.8. The highest BCUT2D eigenvalue weighted by Gasteiger charge is 2.10. The van der Waals surface area contributed by atoms with Gasteiger partial charge >= 0.3 is 0 Å². The van der Waals surface area contributed by atoms with Crippen LogP contribution in [0.3, 0.4) is 0 Å². The molecule has 5 nitrogen and oxygen atoms in total. The lowest BCUT2D eigenvalue weighted by atomic mass is 10.2. The number of nitrogens with one attached hydrogen (secondary N) is 2. The minimum absolute atomic E-state index is 0.0253. The fourth-order valence-electron chi connectivity index (χ4n) is 1.40. The molecule has 0 heterocycles. The summed E-state index contributed by atoms with van der Waals surface area (Å²) < 4.78 is 5.77. The van der Waals surface area contributed by atoms with E-state index in [-0.39, 0.29) is 18.4 Å². The van der Waals surface area contributed by atoms with Gasteiger partial charge in [0.15, 0.2) is 0 Å². The molecule has 0 saturated heterocycles. The second-order valence-electron chi connectivity index (χ2n) is 3.88. The number of hydrogen-bond acceptors (Lipinski definition) is 3. The van der Waals surface area contributed by atoms with Gasteiger partial charge in [-0.15, -0.1) is 0 Å². The van der Waals surface area contributed by atoms with E-state index >= 15 is 0 Å². The molecule has 0 aliphatic rings. The SMILES string of the molecule is CCCNC(=O)CNC(=O)c1ccc(OC)c(Br)c1. The molecule has 0 aliphatic carbocycles. The average Bonchev–Trinajstić information content (AvgIpc) is 2.42. The molecule has 2 amide bonds. The largest absolute Gasteiger partial charge is 0.496 e. The first-order valence-corrected chi connectivity index (χ1v) is 6.76. The Morgan fingerprint density at radius 2 is 2.05 bits per heavy atom. The van der Waals surface area contributed by atoms with Crippen LogP contribution >= 0.6 is 15.9 Å². The van der Waals surface area contributed by atoms with E-state index in [4.69, 9.17) is 4.74 Å². The summed E-state index contributed by atoms with van der Waals surface area (Å²) in [5.41, 5.74) is 0.468. The van der Waals surface area contributed by atoms with E-state index in [9.17, 15) is 9.59 Å². The Labute approximate surface area is 120 Å². The van der Waals surface area contributed by atoms with Gasteiger partial charge in [0, 0.05) is 12.1 Å². The molecule has 19 heavy (non-hydrogen) atoms. The first-order chi connectivity index (χ1) is 9.08. The number of rotatable bonds is 6. The van der Waals surface area contributed by atoms with Crippen molar-refractivity contribution in [3.63, 3.8) is 0 Å². The Morgan fingerprint density at radius 3 is 2.63 bits per heavy atom. The lowest BCUT2D eigenvalue weighted by Gasteiger charge is -2.08. The van der Waals surface area contributed by atoms with Gasteiger partial charge < -0.3 is 15.4 Å². The molecule has 104 valence electrons. The number of carbonyl (C=O) groups is 2. The fourth-order valence-corrected chi connectivity index (χ4v) is 1.94. The molecule has 0 unspecified atom stereocenters. The van der Waals surface area contributed by atoms with Crippen LogP contribution < -0.4 is 15.4 Å². The molecule has 0 fully saturated rings. The predicted molar refractivity (Wildman–Crippen MR) is 76.3 cm³/mol. The van der Waals surface area contributed by atoms with Crippen molar-refractivity contribution in [2.24, 2.45) is 0 Å². The summed E-state index contributed by atoms with van der Waals surface area (Å²) in [6.45, 7) is 2.55. The Bertz CT molecular complexity index is 463. The van der Waals surface area contributed by atoms with E-state index in [2.05, 4.69) is 26.6 Å². The van der Waals surface area contributed by atoms with Gasteiger partial charge in [0.1, 0.15) is 5.75 Å². The van der Waals surface area contributed by atoms with E-state index in [1.54, 1.807) is 25.3 Å². The van der Waals surface area contributed by atoms with Gasteiger partial charge in [-0.05, 0) is 40.5 Å². The van der Waals surface area contributed by atoms with Gasteiger partial charge in [0.05, 0.1) is 18.1 Å². The van der Waals surface area contributed by atoms with Gasteiger partial charge in [-0.2, -0.15) is 0 Å². The van der Waals surface area contributed by atoms with E-state index in [1.807, 2.05) is 6.92 Å². The molecule has 1 rings (SSSR count). The van der Waals surface area contributed by atoms with Crippen LogP contribution in [0.1, 0.15) is 23.7 Å². The number of halogens is 1. The third kappa shape index (κ3) is 4.90. The number of benzene rings is 1. The molecular weight excluding hydrogens is 312 g/mol. The first kappa shape index (κ1) is 15.5. The van der Waals surface area contributed by atoms with Crippen molar-refractivity contribution in [1.82, 2.24) is 10.6 Å². The number of methoxy groups -OCH3 is 1. The molecule has 1 aromatic rings. The fraction of sp³-hybridized carbons (Fsp3) is 0.385. The summed E-state index contributed by atoms with van der Waals surface area (Å²) in [6, 6.07) is 4.98. The van der Waals surface area contributed by atoms with Crippen molar-refractivity contribution >= 4 is 27.7 Å². The van der Waals surface area contributed by atoms with Crippen LogP contribution in [0.5, 0.6) is 5.75 Å². The molecule has 0 radical (unpaired) electrons. The van der Waals surface area contributed by atoms with Crippen LogP contribution in [0.25, 0.3) is 0 Å². The topological polar surface area (TPSA) is 67.4 Å². The Kier molecular flexibility index (Phi) is 6.35. The highest BCUT2D eigenvalue weighted by atomic mass is 79.9. The molecule has 0 aromatic heterocycles. The molecule has 0 spiro atoms. The van der Waals surface area contributed by atoms with Gasteiger partial charge in [-0.1, -0.05) is 6.92 Å². The van der Waals surface area contributed by atoms with Crippen molar-refractivity contribution in [2.75, 3.05) is 20.2 Å². The molecule has 0 atom stereocenters. The van der Waals surface area contributed by atoms with E-state index in [1.165, 1.54) is 0 Å². The van der Waals surface area contributed by atoms with Crippen LogP contribution in [-0.4, -0.2) is 32.0 Å². The summed E-state index contributed by atoms with van der Waals surface area (Å²) in [5, 5.41) is 5.25. The van der Waals surface area contributed by atoms with Crippen LogP contribution in [0.15, 0.2) is 22.7 Å². The van der Waals surface area contributed by atoms with E-state index < -0.39 is 0 Å². The quantitative estimate of drug-likeness (QED) is 0.835. The molecule has 0 aliphatic heterocycles. The summed E-state index contributed by atoms with van der Waals surface area (Å²) in [4.78, 5) is 23.2. The van der Waals surface area contributed by atoms with Gasteiger partial charge in [-0.3, -0.25) is 9.59 Å². The molecule has 0 saturated carbocycles. The minimum Gasteiger partial charge on any atom is -0.496 e. The van der Waals surface area contributed by atoms with Crippen molar-refractivity contribution in [2.45, 2.75) is 13.3 Å². The highest BCUT2D eigenvalue weighted by molar-refractivity contribution is 9.10. The molecule has 0 bridgehead atoms. The van der Waals surface area contributed by atoms with E-state index in [0.717, 1.165) is 6.42 Å². The predicted octanol–water partition coefficient (Wildman–Crippen LogP) is 1.71. The summed E-state index contributed by atoms with van der Waals surface area (Å²) in [6.07, 6.45) is 0.866. The number of ether oxygens (including phenoxy) is 1. The summed E-state index contributed by atoms with van der Waals surface area (Å²) >= 11 is 3.31. The Balaban J connectivity index is 2.54. The molecule has 2 N–H and O–H groups in total. The third-order valence-corrected chi connectivity index (χ3v) is 3.02. The lowest BCUT2D eigenvalue weighted by molar-refractivity contribution is -0.120. The second kappa shape index (κ2) is 7.78. The van der Waals surface area contributed by atoms with Crippen LogP contribution in [-0.2, 0) is 4.79 Å². The Morgan fingerprint density at radius 1 is 1.32 bits per heavy atom. The van der Waals surface area contributed by atoms with Crippen LogP contribution in [0, 0.1) is 0 Å². The van der Waals surface area contributed by atoms with Gasteiger partial charge in [-0.25, -0.2) is 0 Å². The van der Waals surface area contributed by atoms with Crippen molar-refractivity contribution in [3.8, 4) is 5.75 Å². The summed E-state index contributed by atoms with van der Waals surface area (Å²) in [5.74, 6) is 0.162. The zero-order chi connectivity index (χ0) is 14.3. The number of amides is 2. The van der Waals surface area contributed by atoms with Crippen LogP contribution in [0.4, 0.5) is 0 Å². The zero-order valence-corrected chi connectivity index (χ0v) is 12.5. The smallest absolute Gasteiger partial charge is 0.251 e. The molecule has 1 aromatic carbocycles. The van der Waals surface area contributed by atoms with Gasteiger partial charge in [0.2, 0.25) is 5.91 Å². The second-order valence-corrected chi connectivity index (χ2v) is 4.74. The number of carbonyl (C=O) groups excluding carboxylic acids is 2. The Hall–Kier alpha value is -1.56. The lowest BCUT2D eigenvalue weighted by Crippen LogP contribution is -2.37. The summed E-state index contributed by atoms with van der Waals surface area (Å²) in [7, 11) is 1.55. The standard InChI is InChI=1S/C13H17BrN2O3/c1-3-6-15-12(17)8-16-13(18)9-4-5-11(19-2)10(14)7-9/h4-5,7H,3,6,8H2,1-2H3,(H,15,17)(H,16,18). The zero-order valence-electron chi connectivity index (χ0n) is 11.0. The third-order valence-electron chi connectivity index (χ3n) is 2.40. The maximum Gasteiger partial charge on any atom is 0.251 e. The maximum absolute atomic E-state index is 11.8. The van der Waals surface area contributed by atoms with Gasteiger partial charge in [0.25, 0.3) is 5.91 Å². The van der Waals surface area contributed by atoms with Crippen molar-refractivity contribution in [3.05, 3.63) is 28.2 Å².